The van der Waals surface area contributed by atoms with Crippen LogP contribution in [0.1, 0.15) is 36.1 Å². The van der Waals surface area contributed by atoms with Crippen LogP contribution in [-0.2, 0) is 6.54 Å². The van der Waals surface area contributed by atoms with Gasteiger partial charge in [-0.1, -0.05) is 35.5 Å². The van der Waals surface area contributed by atoms with E-state index in [0.717, 1.165) is 47.6 Å². The zero-order valence-electron chi connectivity index (χ0n) is 18.9. The zero-order valence-corrected chi connectivity index (χ0v) is 18.9. The average molecular weight is 447 g/mol. The first kappa shape index (κ1) is 21.2. The number of ether oxygens (including phenoxy) is 2. The number of hydrogen-bond acceptors (Lipinski definition) is 8. The molecule has 0 amide bonds. The van der Waals surface area contributed by atoms with Gasteiger partial charge in [-0.3, -0.25) is 4.90 Å². The summed E-state index contributed by atoms with van der Waals surface area (Å²) in [6.07, 6.45) is 2.10. The van der Waals surface area contributed by atoms with E-state index in [1.54, 1.807) is 14.2 Å². The Morgan fingerprint density at radius 2 is 1.91 bits per heavy atom. The maximum atomic E-state index is 6.10. The van der Waals surface area contributed by atoms with Gasteiger partial charge in [-0.15, -0.1) is 10.2 Å². The van der Waals surface area contributed by atoms with E-state index in [1.807, 2.05) is 55.5 Å². The van der Waals surface area contributed by atoms with E-state index in [-0.39, 0.29) is 6.04 Å². The summed E-state index contributed by atoms with van der Waals surface area (Å²) in [5.41, 5.74) is 3.47. The fourth-order valence-corrected chi connectivity index (χ4v) is 4.48. The van der Waals surface area contributed by atoms with Crippen LogP contribution >= 0.6 is 0 Å². The highest BCUT2D eigenvalue weighted by Gasteiger charge is 2.30. The minimum Gasteiger partial charge on any atom is -0.497 e. The Kier molecular flexibility index (Phi) is 5.83. The van der Waals surface area contributed by atoms with E-state index < -0.39 is 0 Å². The molecule has 0 N–H and O–H groups in total. The lowest BCUT2D eigenvalue weighted by atomic mass is 10.0. The lowest BCUT2D eigenvalue weighted by Gasteiger charge is -2.25. The lowest BCUT2D eigenvalue weighted by molar-refractivity contribution is 0.220. The molecule has 0 bridgehead atoms. The van der Waals surface area contributed by atoms with Gasteiger partial charge >= 0.3 is 0 Å². The van der Waals surface area contributed by atoms with E-state index in [0.29, 0.717) is 29.8 Å². The highest BCUT2D eigenvalue weighted by Crippen LogP contribution is 2.40. The van der Waals surface area contributed by atoms with E-state index in [9.17, 15) is 0 Å². The zero-order chi connectivity index (χ0) is 22.8. The van der Waals surface area contributed by atoms with Gasteiger partial charge in [0.25, 0.3) is 5.89 Å². The standard InChI is InChI=1S/C25H26N4O4/c1-16-23(24(28-33-16)17-8-5-4-6-9-17)25-27-26-22(32-25)15-29-13-7-10-20(29)19-14-18(30-2)11-12-21(19)31-3/h4-6,8-9,11-12,14,20H,7,10,13,15H2,1-3H3/t20-/m0/s1. The smallest absolute Gasteiger partial charge is 0.253 e. The molecule has 0 unspecified atom stereocenters. The van der Waals surface area contributed by atoms with Crippen LogP contribution in [0, 0.1) is 6.92 Å². The average Bonchev–Trinajstić information content (AvgIpc) is 3.59. The number of methoxy groups -OCH3 is 2. The van der Waals surface area contributed by atoms with Crippen LogP contribution in [-0.4, -0.2) is 41.0 Å². The topological polar surface area (TPSA) is 86.7 Å². The van der Waals surface area contributed by atoms with Gasteiger partial charge in [-0.2, -0.15) is 0 Å². The molecule has 170 valence electrons. The molecule has 1 aliphatic heterocycles. The first-order chi connectivity index (χ1) is 16.2. The van der Waals surface area contributed by atoms with Crippen molar-refractivity contribution >= 4 is 0 Å². The maximum absolute atomic E-state index is 6.10. The van der Waals surface area contributed by atoms with Gasteiger partial charge < -0.3 is 18.4 Å². The van der Waals surface area contributed by atoms with Crippen LogP contribution < -0.4 is 9.47 Å². The molecule has 33 heavy (non-hydrogen) atoms. The molecular weight excluding hydrogens is 420 g/mol. The molecule has 1 aliphatic rings. The van der Waals surface area contributed by atoms with Crippen molar-refractivity contribution in [2.75, 3.05) is 20.8 Å². The van der Waals surface area contributed by atoms with E-state index in [1.165, 1.54) is 0 Å². The van der Waals surface area contributed by atoms with Gasteiger partial charge in [-0.25, -0.2) is 0 Å². The molecule has 5 rings (SSSR count). The van der Waals surface area contributed by atoms with E-state index in [2.05, 4.69) is 20.3 Å². The second-order valence-electron chi connectivity index (χ2n) is 8.07. The number of likely N-dealkylation sites (tertiary alicyclic amines) is 1. The number of aryl methyl sites for hydroxylation is 1. The molecule has 0 spiro atoms. The van der Waals surface area contributed by atoms with Crippen molar-refractivity contribution in [2.45, 2.75) is 32.4 Å². The minimum absolute atomic E-state index is 0.183. The monoisotopic (exact) mass is 446 g/mol. The summed E-state index contributed by atoms with van der Waals surface area (Å²) in [6, 6.07) is 15.9. The Labute approximate surface area is 192 Å². The Morgan fingerprint density at radius 1 is 1.06 bits per heavy atom. The van der Waals surface area contributed by atoms with Crippen LogP contribution in [0.2, 0.25) is 0 Å². The Hall–Kier alpha value is -3.65. The summed E-state index contributed by atoms with van der Waals surface area (Å²) < 4.78 is 22.6. The summed E-state index contributed by atoms with van der Waals surface area (Å²) in [4.78, 5) is 2.34. The van der Waals surface area contributed by atoms with E-state index in [4.69, 9.17) is 18.4 Å². The first-order valence-electron chi connectivity index (χ1n) is 11.0. The van der Waals surface area contributed by atoms with Crippen LogP contribution in [0.15, 0.2) is 57.5 Å². The molecule has 4 aromatic rings. The van der Waals surface area contributed by atoms with Gasteiger partial charge in [0.05, 0.1) is 20.8 Å². The van der Waals surface area contributed by atoms with Gasteiger partial charge in [-0.05, 0) is 44.5 Å². The highest BCUT2D eigenvalue weighted by atomic mass is 16.5. The second-order valence-corrected chi connectivity index (χ2v) is 8.07. The largest absolute Gasteiger partial charge is 0.497 e. The van der Waals surface area contributed by atoms with E-state index >= 15 is 0 Å². The number of nitrogens with zero attached hydrogens (tertiary/aromatic N) is 4. The predicted molar refractivity (Wildman–Crippen MR) is 122 cm³/mol. The quantitative estimate of drug-likeness (QED) is 0.390. The number of aromatic nitrogens is 3. The van der Waals surface area contributed by atoms with Gasteiger partial charge in [0.1, 0.15) is 28.5 Å². The minimum atomic E-state index is 0.183. The number of hydrogen-bond donors (Lipinski definition) is 0. The summed E-state index contributed by atoms with van der Waals surface area (Å²) in [6.45, 7) is 3.33. The third-order valence-electron chi connectivity index (χ3n) is 6.09. The van der Waals surface area contributed by atoms with Crippen LogP contribution in [0.25, 0.3) is 22.7 Å². The molecule has 3 heterocycles. The Morgan fingerprint density at radius 3 is 2.70 bits per heavy atom. The highest BCUT2D eigenvalue weighted by molar-refractivity contribution is 5.77. The molecule has 8 nitrogen and oxygen atoms in total. The normalized spacial score (nSPS) is 16.3. The van der Waals surface area contributed by atoms with Gasteiger partial charge in [0.2, 0.25) is 5.89 Å². The first-order valence-corrected chi connectivity index (χ1v) is 11.0. The number of rotatable bonds is 7. The van der Waals surface area contributed by atoms with Crippen molar-refractivity contribution in [2.24, 2.45) is 0 Å². The third-order valence-corrected chi connectivity index (χ3v) is 6.09. The molecule has 0 saturated carbocycles. The fraction of sp³-hybridized carbons (Fsp3) is 0.320. The molecule has 2 aromatic carbocycles. The van der Waals surface area contributed by atoms with Crippen LogP contribution in [0.4, 0.5) is 0 Å². The van der Waals surface area contributed by atoms with Crippen molar-refractivity contribution in [3.63, 3.8) is 0 Å². The summed E-state index contributed by atoms with van der Waals surface area (Å²) in [7, 11) is 3.37. The maximum Gasteiger partial charge on any atom is 0.253 e. The fourth-order valence-electron chi connectivity index (χ4n) is 4.48. The molecule has 0 radical (unpaired) electrons. The van der Waals surface area contributed by atoms with Crippen LogP contribution in [0.5, 0.6) is 11.5 Å². The van der Waals surface area contributed by atoms with Gasteiger partial charge in [0, 0.05) is 17.2 Å². The molecule has 1 fully saturated rings. The lowest BCUT2D eigenvalue weighted by Crippen LogP contribution is -2.23. The third kappa shape index (κ3) is 4.09. The predicted octanol–water partition coefficient (Wildman–Crippen LogP) is 5.05. The molecular formula is C25H26N4O4. The Balaban J connectivity index is 1.41. The van der Waals surface area contributed by atoms with Crippen molar-refractivity contribution < 1.29 is 18.4 Å². The molecule has 8 heteroatoms. The summed E-state index contributed by atoms with van der Waals surface area (Å²) >= 11 is 0. The summed E-state index contributed by atoms with van der Waals surface area (Å²) in [5, 5.41) is 12.9. The molecule has 1 saturated heterocycles. The molecule has 1 atom stereocenters. The summed E-state index contributed by atoms with van der Waals surface area (Å²) in [5.74, 6) is 3.28. The van der Waals surface area contributed by atoms with Crippen LogP contribution in [0.3, 0.4) is 0 Å². The number of benzene rings is 2. The molecule has 0 aliphatic carbocycles. The van der Waals surface area contributed by atoms with Crippen molar-refractivity contribution in [3.05, 3.63) is 65.7 Å². The Bertz CT molecular complexity index is 1230. The van der Waals surface area contributed by atoms with Gasteiger partial charge in [0.15, 0.2) is 0 Å². The van der Waals surface area contributed by atoms with Crippen molar-refractivity contribution in [1.29, 1.82) is 0 Å². The molecule has 2 aromatic heterocycles. The van der Waals surface area contributed by atoms with Crippen molar-refractivity contribution in [3.8, 4) is 34.2 Å². The SMILES string of the molecule is COc1ccc(OC)c([C@@H]2CCCN2Cc2nnc(-c3c(-c4ccccc4)noc3C)o2)c1. The second kappa shape index (κ2) is 9.07. The van der Waals surface area contributed by atoms with Crippen molar-refractivity contribution in [1.82, 2.24) is 20.3 Å².